The Morgan fingerprint density at radius 2 is 1.91 bits per heavy atom. The van der Waals surface area contributed by atoms with E-state index in [4.69, 9.17) is 9.47 Å². The van der Waals surface area contributed by atoms with E-state index in [1.165, 1.54) is 5.56 Å². The summed E-state index contributed by atoms with van der Waals surface area (Å²) < 4.78 is 12.6. The van der Waals surface area contributed by atoms with Gasteiger partial charge >= 0.3 is 0 Å². The third-order valence-electron chi connectivity index (χ3n) is 5.29. The van der Waals surface area contributed by atoms with Gasteiger partial charge in [0.25, 0.3) is 0 Å². The molecule has 0 saturated carbocycles. The van der Waals surface area contributed by atoms with E-state index < -0.39 is 0 Å². The Bertz CT molecular complexity index is 1160. The molecule has 1 heterocycles. The lowest BCUT2D eigenvalue weighted by molar-refractivity contribution is 0.282. The average molecular weight is 494 g/mol. The van der Waals surface area contributed by atoms with Crippen LogP contribution in [0.5, 0.6) is 11.5 Å². The fraction of sp³-hybridized carbons (Fsp3) is 0.269. The topological polar surface area (TPSA) is 59.2 Å². The summed E-state index contributed by atoms with van der Waals surface area (Å²) in [6.45, 7) is 4.24. The Morgan fingerprint density at radius 1 is 1.03 bits per heavy atom. The molecule has 0 aliphatic heterocycles. The summed E-state index contributed by atoms with van der Waals surface area (Å²) in [5, 5.41) is 3.51. The van der Waals surface area contributed by atoms with Crippen LogP contribution in [0.15, 0.2) is 65.1 Å². The molecule has 0 amide bonds. The molecule has 0 bridgehead atoms. The second kappa shape index (κ2) is 10.7. The number of aromatic amines is 1. The van der Waals surface area contributed by atoms with Crippen LogP contribution in [0, 0.1) is 6.92 Å². The fourth-order valence-corrected chi connectivity index (χ4v) is 4.31. The van der Waals surface area contributed by atoms with Gasteiger partial charge in [0.1, 0.15) is 12.4 Å². The Kier molecular flexibility index (Phi) is 7.45. The molecule has 0 aliphatic carbocycles. The number of aromatic nitrogens is 2. The number of nitrogens with one attached hydrogen (secondary N) is 2. The summed E-state index contributed by atoms with van der Waals surface area (Å²) in [5.74, 6) is 2.49. The maximum absolute atomic E-state index is 6.07. The second-order valence-corrected chi connectivity index (χ2v) is 8.72. The number of benzene rings is 3. The zero-order valence-corrected chi connectivity index (χ0v) is 20.0. The molecule has 4 aromatic rings. The molecule has 1 aromatic heterocycles. The smallest absolute Gasteiger partial charge is 0.175 e. The SMILES string of the molecule is COc1cc(CNCCCc2nc3ccccc3[nH]2)cc(Br)c1OCc1cccc(C)c1. The van der Waals surface area contributed by atoms with Crippen molar-refractivity contribution in [2.45, 2.75) is 32.9 Å². The van der Waals surface area contributed by atoms with Crippen LogP contribution in [0.2, 0.25) is 0 Å². The number of aryl methyl sites for hydroxylation is 2. The van der Waals surface area contributed by atoms with E-state index in [1.54, 1.807) is 7.11 Å². The van der Waals surface area contributed by atoms with Crippen LogP contribution in [-0.4, -0.2) is 23.6 Å². The van der Waals surface area contributed by atoms with E-state index in [1.807, 2.05) is 30.3 Å². The van der Waals surface area contributed by atoms with Crippen LogP contribution in [-0.2, 0) is 19.6 Å². The molecule has 166 valence electrons. The first-order valence-corrected chi connectivity index (χ1v) is 11.6. The zero-order chi connectivity index (χ0) is 22.3. The normalized spacial score (nSPS) is 11.1. The fourth-order valence-electron chi connectivity index (χ4n) is 3.71. The van der Waals surface area contributed by atoms with Gasteiger partial charge in [0.2, 0.25) is 0 Å². The lowest BCUT2D eigenvalue weighted by Crippen LogP contribution is -2.15. The Hall–Kier alpha value is -2.83. The predicted octanol–water partition coefficient (Wildman–Crippen LogP) is 5.94. The van der Waals surface area contributed by atoms with Crippen LogP contribution < -0.4 is 14.8 Å². The minimum Gasteiger partial charge on any atom is -0.493 e. The summed E-state index contributed by atoms with van der Waals surface area (Å²) in [5.41, 5.74) is 5.61. The quantitative estimate of drug-likeness (QED) is 0.268. The number of fused-ring (bicyclic) bond motifs is 1. The van der Waals surface area contributed by atoms with Crippen molar-refractivity contribution in [3.63, 3.8) is 0 Å². The van der Waals surface area contributed by atoms with Gasteiger partial charge in [0.05, 0.1) is 22.6 Å². The molecule has 0 atom stereocenters. The first-order chi connectivity index (χ1) is 15.6. The highest BCUT2D eigenvalue weighted by Gasteiger charge is 2.12. The number of hydrogen-bond acceptors (Lipinski definition) is 4. The summed E-state index contributed by atoms with van der Waals surface area (Å²) >= 11 is 3.65. The first-order valence-electron chi connectivity index (χ1n) is 10.8. The monoisotopic (exact) mass is 493 g/mol. The average Bonchev–Trinajstić information content (AvgIpc) is 3.20. The number of rotatable bonds is 10. The molecule has 0 radical (unpaired) electrons. The minimum absolute atomic E-state index is 0.496. The highest BCUT2D eigenvalue weighted by atomic mass is 79.9. The molecule has 4 rings (SSSR count). The molecule has 3 aromatic carbocycles. The van der Waals surface area contributed by atoms with E-state index in [0.29, 0.717) is 6.61 Å². The van der Waals surface area contributed by atoms with Gasteiger partial charge in [-0.05, 0) is 71.2 Å². The first kappa shape index (κ1) is 22.4. The number of nitrogens with zero attached hydrogens (tertiary/aromatic N) is 1. The van der Waals surface area contributed by atoms with E-state index in [-0.39, 0.29) is 0 Å². The van der Waals surface area contributed by atoms with Crippen molar-refractivity contribution in [1.29, 1.82) is 0 Å². The van der Waals surface area contributed by atoms with Crippen molar-refractivity contribution in [2.75, 3.05) is 13.7 Å². The Morgan fingerprint density at radius 3 is 2.72 bits per heavy atom. The van der Waals surface area contributed by atoms with Gasteiger partial charge in [-0.3, -0.25) is 0 Å². The van der Waals surface area contributed by atoms with Gasteiger partial charge in [0, 0.05) is 13.0 Å². The van der Waals surface area contributed by atoms with Crippen LogP contribution in [0.1, 0.15) is 28.9 Å². The molecule has 0 spiro atoms. The standard InChI is InChI=1S/C26H28BrN3O2/c1-18-7-5-8-19(13-18)17-32-26-21(27)14-20(15-24(26)31-2)16-28-12-6-11-25-29-22-9-3-4-10-23(22)30-25/h3-5,7-10,13-15,28H,6,11-12,16-17H2,1-2H3,(H,29,30). The molecule has 0 saturated heterocycles. The largest absolute Gasteiger partial charge is 0.493 e. The maximum atomic E-state index is 6.07. The molecule has 0 unspecified atom stereocenters. The lowest BCUT2D eigenvalue weighted by atomic mass is 10.1. The van der Waals surface area contributed by atoms with Crippen LogP contribution >= 0.6 is 15.9 Å². The molecule has 32 heavy (non-hydrogen) atoms. The Balaban J connectivity index is 1.29. The highest BCUT2D eigenvalue weighted by Crippen LogP contribution is 2.37. The summed E-state index contributed by atoms with van der Waals surface area (Å²) in [4.78, 5) is 8.02. The predicted molar refractivity (Wildman–Crippen MR) is 132 cm³/mol. The van der Waals surface area contributed by atoms with Gasteiger partial charge in [-0.25, -0.2) is 4.98 Å². The van der Waals surface area contributed by atoms with Crippen LogP contribution in [0.4, 0.5) is 0 Å². The molecule has 0 aliphatic rings. The highest BCUT2D eigenvalue weighted by molar-refractivity contribution is 9.10. The van der Waals surface area contributed by atoms with Crippen molar-refractivity contribution in [3.05, 3.63) is 87.7 Å². The number of H-pyrrole nitrogens is 1. The molecule has 2 N–H and O–H groups in total. The molecular weight excluding hydrogens is 466 g/mol. The second-order valence-electron chi connectivity index (χ2n) is 7.87. The number of imidazole rings is 1. The molecular formula is C26H28BrN3O2. The lowest BCUT2D eigenvalue weighted by Gasteiger charge is -2.15. The Labute approximate surface area is 197 Å². The number of halogens is 1. The van der Waals surface area contributed by atoms with Gasteiger partial charge < -0.3 is 19.8 Å². The maximum Gasteiger partial charge on any atom is 0.175 e. The number of hydrogen-bond donors (Lipinski definition) is 2. The molecule has 0 fully saturated rings. The third kappa shape index (κ3) is 5.69. The van der Waals surface area contributed by atoms with Gasteiger partial charge in [0.15, 0.2) is 11.5 Å². The molecule has 6 heteroatoms. The van der Waals surface area contributed by atoms with Crippen LogP contribution in [0.25, 0.3) is 11.0 Å². The van der Waals surface area contributed by atoms with Gasteiger partial charge in [-0.1, -0.05) is 42.0 Å². The van der Waals surface area contributed by atoms with Crippen LogP contribution in [0.3, 0.4) is 0 Å². The van der Waals surface area contributed by atoms with Crippen molar-refractivity contribution in [2.24, 2.45) is 0 Å². The van der Waals surface area contributed by atoms with E-state index >= 15 is 0 Å². The van der Waals surface area contributed by atoms with Gasteiger partial charge in [-0.2, -0.15) is 0 Å². The summed E-state index contributed by atoms with van der Waals surface area (Å²) in [7, 11) is 1.67. The van der Waals surface area contributed by atoms with Crippen molar-refractivity contribution in [1.82, 2.24) is 15.3 Å². The van der Waals surface area contributed by atoms with E-state index in [0.717, 1.165) is 69.9 Å². The zero-order valence-electron chi connectivity index (χ0n) is 18.5. The number of ether oxygens (including phenoxy) is 2. The van der Waals surface area contributed by atoms with Crippen molar-refractivity contribution < 1.29 is 9.47 Å². The van der Waals surface area contributed by atoms with E-state index in [9.17, 15) is 0 Å². The molecule has 5 nitrogen and oxygen atoms in total. The third-order valence-corrected chi connectivity index (χ3v) is 5.88. The summed E-state index contributed by atoms with van der Waals surface area (Å²) in [6.07, 6.45) is 1.93. The summed E-state index contributed by atoms with van der Waals surface area (Å²) in [6, 6.07) is 20.6. The minimum atomic E-state index is 0.496. The van der Waals surface area contributed by atoms with Crippen molar-refractivity contribution in [3.8, 4) is 11.5 Å². The number of methoxy groups -OCH3 is 1. The van der Waals surface area contributed by atoms with E-state index in [2.05, 4.69) is 68.5 Å². The van der Waals surface area contributed by atoms with Crippen molar-refractivity contribution >= 4 is 27.0 Å². The van der Waals surface area contributed by atoms with Gasteiger partial charge in [-0.15, -0.1) is 0 Å². The number of para-hydroxylation sites is 2.